The van der Waals surface area contributed by atoms with E-state index in [-0.39, 0.29) is 17.5 Å². The number of H-pyrrole nitrogens is 1. The molecule has 2 aromatic heterocycles. The highest BCUT2D eigenvalue weighted by molar-refractivity contribution is 5.83. The summed E-state index contributed by atoms with van der Waals surface area (Å²) in [5, 5.41) is 0.523. The molecular weight excluding hydrogens is 264 g/mol. The summed E-state index contributed by atoms with van der Waals surface area (Å²) in [6, 6.07) is 0.187. The number of nitrogens with one attached hydrogen (secondary N) is 1. The van der Waals surface area contributed by atoms with Crippen molar-refractivity contribution in [2.75, 3.05) is 5.73 Å². The van der Waals surface area contributed by atoms with Crippen molar-refractivity contribution in [1.29, 1.82) is 0 Å². The quantitative estimate of drug-likeness (QED) is 0.852. The SMILES string of the molecule is CC(C)CCC#Cc1cn(C(C)C)c2nc(N)[nH]c(=O)c12. The van der Waals surface area contributed by atoms with E-state index in [1.807, 2.05) is 24.6 Å². The summed E-state index contributed by atoms with van der Waals surface area (Å²) in [7, 11) is 0. The van der Waals surface area contributed by atoms with Gasteiger partial charge in [0.2, 0.25) is 5.95 Å². The number of aromatic nitrogens is 3. The summed E-state index contributed by atoms with van der Waals surface area (Å²) in [4.78, 5) is 18.9. The molecule has 21 heavy (non-hydrogen) atoms. The molecule has 0 atom stereocenters. The molecule has 0 amide bonds. The van der Waals surface area contributed by atoms with Crippen LogP contribution in [0.15, 0.2) is 11.0 Å². The Labute approximate surface area is 124 Å². The van der Waals surface area contributed by atoms with Gasteiger partial charge in [-0.1, -0.05) is 25.7 Å². The fourth-order valence-corrected chi connectivity index (χ4v) is 2.18. The third kappa shape index (κ3) is 3.27. The molecule has 0 radical (unpaired) electrons. The number of anilines is 1. The van der Waals surface area contributed by atoms with Gasteiger partial charge in [-0.2, -0.15) is 4.98 Å². The van der Waals surface area contributed by atoms with Crippen LogP contribution in [0.3, 0.4) is 0 Å². The Bertz CT molecular complexity index is 756. The molecule has 0 aromatic carbocycles. The van der Waals surface area contributed by atoms with Crippen molar-refractivity contribution in [2.45, 2.75) is 46.6 Å². The summed E-state index contributed by atoms with van der Waals surface area (Å²) in [6.07, 6.45) is 3.77. The lowest BCUT2D eigenvalue weighted by atomic mass is 10.1. The highest BCUT2D eigenvalue weighted by Gasteiger charge is 2.14. The van der Waals surface area contributed by atoms with Crippen LogP contribution in [0.1, 0.15) is 52.1 Å². The van der Waals surface area contributed by atoms with E-state index in [4.69, 9.17) is 5.73 Å². The Kier molecular flexibility index (Phi) is 4.37. The van der Waals surface area contributed by atoms with Crippen molar-refractivity contribution in [3.05, 3.63) is 22.1 Å². The van der Waals surface area contributed by atoms with E-state index < -0.39 is 0 Å². The van der Waals surface area contributed by atoms with Crippen LogP contribution in [0.5, 0.6) is 0 Å². The Balaban J connectivity index is 2.52. The van der Waals surface area contributed by atoms with E-state index in [1.165, 1.54) is 0 Å². The number of rotatable bonds is 3. The van der Waals surface area contributed by atoms with Gasteiger partial charge in [0, 0.05) is 18.7 Å². The summed E-state index contributed by atoms with van der Waals surface area (Å²) in [6.45, 7) is 8.41. The predicted molar refractivity (Wildman–Crippen MR) is 86.1 cm³/mol. The average molecular weight is 286 g/mol. The molecule has 2 heterocycles. The number of hydrogen-bond donors (Lipinski definition) is 2. The monoisotopic (exact) mass is 286 g/mol. The van der Waals surface area contributed by atoms with E-state index in [9.17, 15) is 4.79 Å². The second kappa shape index (κ2) is 6.04. The maximum absolute atomic E-state index is 12.1. The van der Waals surface area contributed by atoms with Gasteiger partial charge in [0.25, 0.3) is 5.56 Å². The van der Waals surface area contributed by atoms with Crippen molar-refractivity contribution >= 4 is 17.0 Å². The highest BCUT2D eigenvalue weighted by atomic mass is 16.1. The molecule has 0 saturated heterocycles. The van der Waals surface area contributed by atoms with Gasteiger partial charge >= 0.3 is 0 Å². The topological polar surface area (TPSA) is 76.7 Å². The van der Waals surface area contributed by atoms with Gasteiger partial charge < -0.3 is 10.3 Å². The summed E-state index contributed by atoms with van der Waals surface area (Å²) in [5.74, 6) is 7.01. The standard InChI is InChI=1S/C16H22N4O/c1-10(2)7-5-6-8-12-9-20(11(3)4)14-13(12)15(21)19-16(17)18-14/h9-11H,5,7H2,1-4H3,(H3,17,18,19,21). The third-order valence-electron chi connectivity index (χ3n) is 3.33. The van der Waals surface area contributed by atoms with Crippen LogP contribution in [-0.4, -0.2) is 14.5 Å². The van der Waals surface area contributed by atoms with Gasteiger partial charge in [0.05, 0.1) is 10.9 Å². The van der Waals surface area contributed by atoms with Crippen LogP contribution in [0.2, 0.25) is 0 Å². The first-order valence-corrected chi connectivity index (χ1v) is 7.29. The van der Waals surface area contributed by atoms with Crippen molar-refractivity contribution in [2.24, 2.45) is 5.92 Å². The molecule has 0 bridgehead atoms. The maximum Gasteiger partial charge on any atom is 0.263 e. The first-order chi connectivity index (χ1) is 9.90. The first-order valence-electron chi connectivity index (χ1n) is 7.29. The smallest absolute Gasteiger partial charge is 0.263 e. The number of nitrogens with zero attached hydrogens (tertiary/aromatic N) is 2. The van der Waals surface area contributed by atoms with Crippen molar-refractivity contribution in [3.63, 3.8) is 0 Å². The molecular formula is C16H22N4O. The van der Waals surface area contributed by atoms with Crippen LogP contribution in [0.4, 0.5) is 5.95 Å². The Morgan fingerprint density at radius 2 is 2.10 bits per heavy atom. The lowest BCUT2D eigenvalue weighted by Crippen LogP contribution is -2.12. The number of aromatic amines is 1. The molecule has 5 heteroatoms. The molecule has 0 saturated carbocycles. The molecule has 0 unspecified atom stereocenters. The first kappa shape index (κ1) is 15.2. The lowest BCUT2D eigenvalue weighted by Gasteiger charge is -2.07. The molecule has 3 N–H and O–H groups in total. The van der Waals surface area contributed by atoms with Gasteiger partial charge in [-0.05, 0) is 26.2 Å². The molecule has 2 rings (SSSR count). The van der Waals surface area contributed by atoms with Crippen LogP contribution >= 0.6 is 0 Å². The number of nitrogen functional groups attached to an aromatic ring is 1. The van der Waals surface area contributed by atoms with Gasteiger partial charge in [0.1, 0.15) is 0 Å². The average Bonchev–Trinajstić information content (AvgIpc) is 2.73. The minimum atomic E-state index is -0.231. The van der Waals surface area contributed by atoms with Crippen molar-refractivity contribution < 1.29 is 0 Å². The molecule has 2 aromatic rings. The molecule has 5 nitrogen and oxygen atoms in total. The fraction of sp³-hybridized carbons (Fsp3) is 0.500. The minimum Gasteiger partial charge on any atom is -0.369 e. The van der Waals surface area contributed by atoms with Crippen molar-refractivity contribution in [3.8, 4) is 11.8 Å². The van der Waals surface area contributed by atoms with E-state index in [2.05, 4.69) is 35.7 Å². The Morgan fingerprint density at radius 3 is 2.71 bits per heavy atom. The van der Waals surface area contributed by atoms with Gasteiger partial charge in [-0.25, -0.2) is 0 Å². The number of fused-ring (bicyclic) bond motifs is 1. The van der Waals surface area contributed by atoms with Gasteiger partial charge in [-0.3, -0.25) is 9.78 Å². The van der Waals surface area contributed by atoms with Crippen molar-refractivity contribution in [1.82, 2.24) is 14.5 Å². The zero-order valence-electron chi connectivity index (χ0n) is 13.0. The maximum atomic E-state index is 12.1. The van der Waals surface area contributed by atoms with E-state index >= 15 is 0 Å². The minimum absolute atomic E-state index is 0.131. The van der Waals surface area contributed by atoms with E-state index in [0.717, 1.165) is 18.4 Å². The van der Waals surface area contributed by atoms with Crippen LogP contribution in [-0.2, 0) is 0 Å². The van der Waals surface area contributed by atoms with Gasteiger partial charge in [0.15, 0.2) is 5.65 Å². The fourth-order valence-electron chi connectivity index (χ4n) is 2.18. The second-order valence-electron chi connectivity index (χ2n) is 5.93. The molecule has 112 valence electrons. The normalized spacial score (nSPS) is 11.1. The Hall–Kier alpha value is -2.22. The van der Waals surface area contributed by atoms with Crippen LogP contribution < -0.4 is 11.3 Å². The van der Waals surface area contributed by atoms with Crippen LogP contribution in [0.25, 0.3) is 11.0 Å². The zero-order valence-corrected chi connectivity index (χ0v) is 13.0. The number of hydrogen-bond acceptors (Lipinski definition) is 3. The number of nitrogens with two attached hydrogens (primary N) is 1. The van der Waals surface area contributed by atoms with Crippen LogP contribution in [0, 0.1) is 17.8 Å². The highest BCUT2D eigenvalue weighted by Crippen LogP contribution is 2.20. The summed E-state index contributed by atoms with van der Waals surface area (Å²) in [5.41, 5.74) is 6.73. The molecule has 0 aliphatic rings. The molecule has 0 spiro atoms. The Morgan fingerprint density at radius 1 is 1.38 bits per heavy atom. The second-order valence-corrected chi connectivity index (χ2v) is 5.93. The van der Waals surface area contributed by atoms with E-state index in [0.29, 0.717) is 17.0 Å². The molecule has 0 aliphatic heterocycles. The predicted octanol–water partition coefficient (Wildman–Crippen LogP) is 2.68. The molecule has 0 aliphatic carbocycles. The van der Waals surface area contributed by atoms with E-state index in [1.54, 1.807) is 0 Å². The van der Waals surface area contributed by atoms with Gasteiger partial charge in [-0.15, -0.1) is 0 Å². The largest absolute Gasteiger partial charge is 0.369 e. The molecule has 0 fully saturated rings. The zero-order chi connectivity index (χ0) is 15.6. The summed E-state index contributed by atoms with van der Waals surface area (Å²) >= 11 is 0. The lowest BCUT2D eigenvalue weighted by molar-refractivity contribution is 0.600. The summed E-state index contributed by atoms with van der Waals surface area (Å²) < 4.78 is 1.94. The third-order valence-corrected chi connectivity index (χ3v) is 3.33.